The molecule has 0 unspecified atom stereocenters. The van der Waals surface area contributed by atoms with E-state index in [1.54, 1.807) is 6.07 Å². The van der Waals surface area contributed by atoms with Gasteiger partial charge in [-0.3, -0.25) is 0 Å². The molecule has 4 heteroatoms. The number of benzene rings is 1. The first-order valence-electron chi connectivity index (χ1n) is 5.33. The lowest BCUT2D eigenvalue weighted by atomic mass is 10.1. The van der Waals surface area contributed by atoms with Gasteiger partial charge in [0.05, 0.1) is 5.69 Å². The summed E-state index contributed by atoms with van der Waals surface area (Å²) in [6.45, 7) is 7.80. The van der Waals surface area contributed by atoms with Crippen LogP contribution in [0.25, 0.3) is 0 Å². The fourth-order valence-corrected chi connectivity index (χ4v) is 1.77. The molecule has 2 N–H and O–H groups in total. The van der Waals surface area contributed by atoms with Crippen molar-refractivity contribution >= 4 is 21.6 Å². The van der Waals surface area contributed by atoms with Crippen molar-refractivity contribution in [3.63, 3.8) is 0 Å². The standard InChI is InChI=1S/C12H18BrFN2/c1-12(2,3)16-8-7-15-11-9(13)5-4-6-10(11)14/h4-6,15-16H,7-8H2,1-3H3. The Morgan fingerprint density at radius 2 is 1.94 bits per heavy atom. The molecule has 0 atom stereocenters. The molecule has 0 bridgehead atoms. The molecule has 1 aromatic carbocycles. The molecule has 1 aromatic rings. The first-order valence-corrected chi connectivity index (χ1v) is 6.12. The lowest BCUT2D eigenvalue weighted by Gasteiger charge is -2.21. The molecular weight excluding hydrogens is 271 g/mol. The SMILES string of the molecule is CC(C)(C)NCCNc1c(F)cccc1Br. The molecule has 0 aliphatic rings. The second-order valence-corrected chi connectivity index (χ2v) is 5.55. The first-order chi connectivity index (χ1) is 7.40. The van der Waals surface area contributed by atoms with Crippen LogP contribution in [0.15, 0.2) is 22.7 Å². The maximum absolute atomic E-state index is 13.4. The van der Waals surface area contributed by atoms with Gasteiger partial charge in [0.2, 0.25) is 0 Å². The van der Waals surface area contributed by atoms with E-state index in [9.17, 15) is 4.39 Å². The Kier molecular flexibility index (Phi) is 4.74. The zero-order valence-electron chi connectivity index (χ0n) is 9.90. The highest BCUT2D eigenvalue weighted by molar-refractivity contribution is 9.10. The second-order valence-electron chi connectivity index (χ2n) is 4.70. The van der Waals surface area contributed by atoms with Crippen LogP contribution in [0.3, 0.4) is 0 Å². The van der Waals surface area contributed by atoms with Gasteiger partial charge in [0.15, 0.2) is 0 Å². The molecule has 16 heavy (non-hydrogen) atoms. The van der Waals surface area contributed by atoms with Crippen LogP contribution in [-0.2, 0) is 0 Å². The van der Waals surface area contributed by atoms with E-state index in [4.69, 9.17) is 0 Å². The molecule has 0 amide bonds. The van der Waals surface area contributed by atoms with Crippen molar-refractivity contribution in [2.45, 2.75) is 26.3 Å². The van der Waals surface area contributed by atoms with E-state index in [1.165, 1.54) is 6.07 Å². The zero-order valence-corrected chi connectivity index (χ0v) is 11.5. The van der Waals surface area contributed by atoms with E-state index >= 15 is 0 Å². The number of anilines is 1. The number of halogens is 2. The molecular formula is C12H18BrFN2. The Bertz CT molecular complexity index is 327. The Morgan fingerprint density at radius 1 is 1.25 bits per heavy atom. The minimum atomic E-state index is -0.231. The molecule has 1 rings (SSSR count). The Morgan fingerprint density at radius 3 is 2.50 bits per heavy atom. The number of hydrogen-bond donors (Lipinski definition) is 2. The van der Waals surface area contributed by atoms with Crippen molar-refractivity contribution < 1.29 is 4.39 Å². The highest BCUT2D eigenvalue weighted by atomic mass is 79.9. The topological polar surface area (TPSA) is 24.1 Å². The van der Waals surface area contributed by atoms with Crippen LogP contribution in [0.5, 0.6) is 0 Å². The van der Waals surface area contributed by atoms with E-state index in [0.717, 1.165) is 11.0 Å². The van der Waals surface area contributed by atoms with Crippen molar-refractivity contribution in [3.8, 4) is 0 Å². The van der Waals surface area contributed by atoms with Crippen LogP contribution in [-0.4, -0.2) is 18.6 Å². The van der Waals surface area contributed by atoms with Crippen LogP contribution in [0, 0.1) is 5.82 Å². The normalized spacial score (nSPS) is 11.6. The fraction of sp³-hybridized carbons (Fsp3) is 0.500. The molecule has 0 radical (unpaired) electrons. The average molecular weight is 289 g/mol. The van der Waals surface area contributed by atoms with Crippen LogP contribution in [0.4, 0.5) is 10.1 Å². The van der Waals surface area contributed by atoms with Gasteiger partial charge in [0, 0.05) is 23.1 Å². The summed E-state index contributed by atoms with van der Waals surface area (Å²) in [6.07, 6.45) is 0. The maximum atomic E-state index is 13.4. The summed E-state index contributed by atoms with van der Waals surface area (Å²) >= 11 is 3.32. The lowest BCUT2D eigenvalue weighted by Crippen LogP contribution is -2.38. The monoisotopic (exact) mass is 288 g/mol. The number of hydrogen-bond acceptors (Lipinski definition) is 2. The number of nitrogens with one attached hydrogen (secondary N) is 2. The third-order valence-corrected chi connectivity index (χ3v) is 2.71. The summed E-state index contributed by atoms with van der Waals surface area (Å²) in [7, 11) is 0. The summed E-state index contributed by atoms with van der Waals surface area (Å²) in [5, 5.41) is 6.40. The molecule has 0 saturated heterocycles. The summed E-state index contributed by atoms with van der Waals surface area (Å²) in [5.74, 6) is -0.231. The molecule has 2 nitrogen and oxygen atoms in total. The predicted molar refractivity (Wildman–Crippen MR) is 70.3 cm³/mol. The fourth-order valence-electron chi connectivity index (χ4n) is 1.29. The molecule has 0 saturated carbocycles. The Labute approximate surface area is 105 Å². The van der Waals surface area contributed by atoms with Crippen molar-refractivity contribution in [2.75, 3.05) is 18.4 Å². The first kappa shape index (κ1) is 13.5. The lowest BCUT2D eigenvalue weighted by molar-refractivity contribution is 0.435. The van der Waals surface area contributed by atoms with Crippen LogP contribution in [0.1, 0.15) is 20.8 Å². The van der Waals surface area contributed by atoms with Crippen molar-refractivity contribution in [3.05, 3.63) is 28.5 Å². The van der Waals surface area contributed by atoms with Gasteiger partial charge in [-0.2, -0.15) is 0 Å². The third-order valence-electron chi connectivity index (χ3n) is 2.04. The molecule has 0 aliphatic carbocycles. The zero-order chi connectivity index (χ0) is 12.2. The smallest absolute Gasteiger partial charge is 0.147 e. The summed E-state index contributed by atoms with van der Waals surface area (Å²) in [6, 6.07) is 4.95. The highest BCUT2D eigenvalue weighted by Gasteiger charge is 2.08. The van der Waals surface area contributed by atoms with Crippen molar-refractivity contribution in [1.82, 2.24) is 5.32 Å². The second kappa shape index (κ2) is 5.64. The van der Waals surface area contributed by atoms with Gasteiger partial charge in [-0.05, 0) is 48.8 Å². The predicted octanol–water partition coefficient (Wildman–Crippen LogP) is 3.39. The van der Waals surface area contributed by atoms with E-state index in [1.807, 2.05) is 6.07 Å². The summed E-state index contributed by atoms with van der Waals surface area (Å²) in [5.41, 5.74) is 0.618. The van der Waals surface area contributed by atoms with E-state index in [2.05, 4.69) is 47.3 Å². The van der Waals surface area contributed by atoms with Crippen LogP contribution in [0.2, 0.25) is 0 Å². The van der Waals surface area contributed by atoms with Gasteiger partial charge in [-0.25, -0.2) is 4.39 Å². The van der Waals surface area contributed by atoms with E-state index in [-0.39, 0.29) is 11.4 Å². The summed E-state index contributed by atoms with van der Waals surface area (Å²) in [4.78, 5) is 0. The van der Waals surface area contributed by atoms with Crippen LogP contribution >= 0.6 is 15.9 Å². The van der Waals surface area contributed by atoms with Crippen molar-refractivity contribution in [1.29, 1.82) is 0 Å². The van der Waals surface area contributed by atoms with Gasteiger partial charge in [-0.15, -0.1) is 0 Å². The molecule has 0 fully saturated rings. The van der Waals surface area contributed by atoms with Crippen molar-refractivity contribution in [2.24, 2.45) is 0 Å². The van der Waals surface area contributed by atoms with E-state index in [0.29, 0.717) is 12.2 Å². The van der Waals surface area contributed by atoms with Gasteiger partial charge in [0.1, 0.15) is 5.82 Å². The quantitative estimate of drug-likeness (QED) is 0.830. The Hall–Kier alpha value is -0.610. The maximum Gasteiger partial charge on any atom is 0.147 e. The largest absolute Gasteiger partial charge is 0.380 e. The molecule has 0 aromatic heterocycles. The van der Waals surface area contributed by atoms with Gasteiger partial charge in [0.25, 0.3) is 0 Å². The van der Waals surface area contributed by atoms with Gasteiger partial charge in [-0.1, -0.05) is 6.07 Å². The van der Waals surface area contributed by atoms with Gasteiger partial charge < -0.3 is 10.6 Å². The minimum Gasteiger partial charge on any atom is -0.380 e. The molecule has 90 valence electrons. The van der Waals surface area contributed by atoms with Gasteiger partial charge >= 0.3 is 0 Å². The van der Waals surface area contributed by atoms with E-state index < -0.39 is 0 Å². The highest BCUT2D eigenvalue weighted by Crippen LogP contribution is 2.24. The molecule has 0 spiro atoms. The molecule has 0 heterocycles. The average Bonchev–Trinajstić information content (AvgIpc) is 2.14. The third kappa shape index (κ3) is 4.49. The van der Waals surface area contributed by atoms with Crippen LogP contribution < -0.4 is 10.6 Å². The number of rotatable bonds is 4. The molecule has 0 aliphatic heterocycles. The minimum absolute atomic E-state index is 0.0914. The summed E-state index contributed by atoms with van der Waals surface area (Å²) < 4.78 is 14.2. The Balaban J connectivity index is 2.43. The number of para-hydroxylation sites is 1.